The van der Waals surface area contributed by atoms with Crippen molar-refractivity contribution < 1.29 is 14.3 Å². The van der Waals surface area contributed by atoms with Crippen LogP contribution < -0.4 is 5.56 Å². The number of carboxylic acid groups (broad SMARTS) is 1. The summed E-state index contributed by atoms with van der Waals surface area (Å²) in [7, 11) is 0. The number of hydrogen-bond acceptors (Lipinski definition) is 2. The van der Waals surface area contributed by atoms with Gasteiger partial charge in [0.05, 0.1) is 11.3 Å². The Morgan fingerprint density at radius 3 is 2.61 bits per heavy atom. The second kappa shape index (κ2) is 4.44. The van der Waals surface area contributed by atoms with Crippen LogP contribution in [-0.4, -0.2) is 15.6 Å². The van der Waals surface area contributed by atoms with Gasteiger partial charge in [-0.25, -0.2) is 9.18 Å². The molecule has 2 aromatic rings. The van der Waals surface area contributed by atoms with Crippen LogP contribution in [0.4, 0.5) is 4.39 Å². The van der Waals surface area contributed by atoms with Crippen LogP contribution in [0.25, 0.3) is 5.69 Å². The van der Waals surface area contributed by atoms with E-state index in [2.05, 4.69) is 0 Å². The molecule has 0 saturated heterocycles. The summed E-state index contributed by atoms with van der Waals surface area (Å²) in [6, 6.07) is 6.67. The molecule has 18 heavy (non-hydrogen) atoms. The van der Waals surface area contributed by atoms with Crippen LogP contribution in [-0.2, 0) is 0 Å². The van der Waals surface area contributed by atoms with Crippen molar-refractivity contribution in [1.82, 2.24) is 4.57 Å². The summed E-state index contributed by atoms with van der Waals surface area (Å²) < 4.78 is 14.7. The van der Waals surface area contributed by atoms with Gasteiger partial charge in [-0.2, -0.15) is 0 Å². The molecule has 1 aromatic heterocycles. The minimum atomic E-state index is -1.17. The number of benzene rings is 1. The number of carboxylic acids is 1. The maximum Gasteiger partial charge on any atom is 0.337 e. The number of aromatic carboxylic acids is 1. The van der Waals surface area contributed by atoms with Crippen molar-refractivity contribution in [3.63, 3.8) is 0 Å². The lowest BCUT2D eigenvalue weighted by molar-refractivity contribution is 0.0696. The van der Waals surface area contributed by atoms with E-state index in [1.54, 1.807) is 13.0 Å². The predicted octanol–water partition coefficient (Wildman–Crippen LogP) is 1.98. The molecule has 2 rings (SSSR count). The van der Waals surface area contributed by atoms with Gasteiger partial charge in [0.15, 0.2) is 0 Å². The molecule has 0 aliphatic carbocycles. The smallest absolute Gasteiger partial charge is 0.337 e. The molecule has 92 valence electrons. The molecule has 0 amide bonds. The molecule has 0 radical (unpaired) electrons. The molecule has 0 spiro atoms. The monoisotopic (exact) mass is 247 g/mol. The summed E-state index contributed by atoms with van der Waals surface area (Å²) >= 11 is 0. The van der Waals surface area contributed by atoms with E-state index in [0.717, 1.165) is 22.4 Å². The average molecular weight is 247 g/mol. The van der Waals surface area contributed by atoms with Crippen molar-refractivity contribution in [1.29, 1.82) is 0 Å². The van der Waals surface area contributed by atoms with Crippen LogP contribution in [0.5, 0.6) is 0 Å². The van der Waals surface area contributed by atoms with Gasteiger partial charge in [-0.05, 0) is 30.7 Å². The predicted molar refractivity (Wildman–Crippen MR) is 63.7 cm³/mol. The van der Waals surface area contributed by atoms with Gasteiger partial charge in [0, 0.05) is 12.3 Å². The van der Waals surface area contributed by atoms with Crippen molar-refractivity contribution in [3.05, 3.63) is 63.8 Å². The molecule has 0 atom stereocenters. The van der Waals surface area contributed by atoms with E-state index in [0.29, 0.717) is 0 Å². The first-order valence-corrected chi connectivity index (χ1v) is 5.21. The Balaban J connectivity index is 2.66. The maximum absolute atomic E-state index is 13.7. The molecular formula is C13H10FNO3. The van der Waals surface area contributed by atoms with Crippen LogP contribution in [0.2, 0.25) is 0 Å². The van der Waals surface area contributed by atoms with E-state index in [1.165, 1.54) is 18.2 Å². The lowest BCUT2D eigenvalue weighted by Crippen LogP contribution is -2.19. The number of nitrogens with zero attached hydrogens (tertiary/aromatic N) is 1. The highest BCUT2D eigenvalue weighted by Gasteiger charge is 2.10. The van der Waals surface area contributed by atoms with Gasteiger partial charge >= 0.3 is 5.97 Å². The fraction of sp³-hybridized carbons (Fsp3) is 0.0769. The van der Waals surface area contributed by atoms with Crippen molar-refractivity contribution in [2.24, 2.45) is 0 Å². The fourth-order valence-electron chi connectivity index (χ4n) is 1.61. The molecule has 1 N–H and O–H groups in total. The maximum atomic E-state index is 13.7. The number of pyridine rings is 1. The van der Waals surface area contributed by atoms with Gasteiger partial charge in [-0.1, -0.05) is 6.07 Å². The largest absolute Gasteiger partial charge is 0.478 e. The van der Waals surface area contributed by atoms with Crippen molar-refractivity contribution in [2.75, 3.05) is 0 Å². The first kappa shape index (κ1) is 12.0. The van der Waals surface area contributed by atoms with E-state index in [1.807, 2.05) is 0 Å². The van der Waals surface area contributed by atoms with Crippen LogP contribution >= 0.6 is 0 Å². The highest BCUT2D eigenvalue weighted by molar-refractivity contribution is 5.87. The zero-order chi connectivity index (χ0) is 13.3. The molecule has 0 unspecified atom stereocenters. The summed E-state index contributed by atoms with van der Waals surface area (Å²) in [5, 5.41) is 8.85. The number of halogens is 1. The van der Waals surface area contributed by atoms with Gasteiger partial charge < -0.3 is 5.11 Å². The summed E-state index contributed by atoms with van der Waals surface area (Å²) in [6.07, 6.45) is 1.11. The Morgan fingerprint density at radius 1 is 1.28 bits per heavy atom. The van der Waals surface area contributed by atoms with Gasteiger partial charge in [0.1, 0.15) is 5.82 Å². The zero-order valence-electron chi connectivity index (χ0n) is 9.55. The zero-order valence-corrected chi connectivity index (χ0v) is 9.55. The SMILES string of the molecule is Cc1ccc(-n2cc(C(=O)O)ccc2=O)c(F)c1. The Labute approximate surface area is 102 Å². The summed E-state index contributed by atoms with van der Waals surface area (Å²) in [5.41, 5.74) is 0.199. The minimum Gasteiger partial charge on any atom is -0.478 e. The molecule has 0 aliphatic heterocycles. The average Bonchev–Trinajstić information content (AvgIpc) is 2.30. The number of hydrogen-bond donors (Lipinski definition) is 1. The highest BCUT2D eigenvalue weighted by Crippen LogP contribution is 2.13. The molecule has 1 aromatic carbocycles. The summed E-state index contributed by atoms with van der Waals surface area (Å²) in [4.78, 5) is 22.5. The Bertz CT molecular complexity index is 676. The van der Waals surface area contributed by atoms with Gasteiger partial charge in [0.2, 0.25) is 0 Å². The van der Waals surface area contributed by atoms with E-state index in [9.17, 15) is 14.0 Å². The molecule has 5 heteroatoms. The molecule has 0 aliphatic rings. The molecule has 0 fully saturated rings. The molecule has 0 bridgehead atoms. The van der Waals surface area contributed by atoms with E-state index >= 15 is 0 Å². The van der Waals surface area contributed by atoms with Gasteiger partial charge in [0.25, 0.3) is 5.56 Å². The van der Waals surface area contributed by atoms with E-state index in [-0.39, 0.29) is 11.3 Å². The van der Waals surface area contributed by atoms with Gasteiger partial charge in [-0.15, -0.1) is 0 Å². The Hall–Kier alpha value is -2.43. The van der Waals surface area contributed by atoms with Crippen molar-refractivity contribution >= 4 is 5.97 Å². The third-order valence-corrected chi connectivity index (χ3v) is 2.52. The van der Waals surface area contributed by atoms with E-state index < -0.39 is 17.3 Å². The number of carbonyl (C=O) groups is 1. The van der Waals surface area contributed by atoms with Crippen LogP contribution in [0, 0.1) is 12.7 Å². The number of aromatic nitrogens is 1. The molecule has 4 nitrogen and oxygen atoms in total. The third kappa shape index (κ3) is 2.15. The standard InChI is InChI=1S/C13H10FNO3/c1-8-2-4-11(10(14)6-8)15-7-9(13(17)18)3-5-12(15)16/h2-7H,1H3,(H,17,18). The van der Waals surface area contributed by atoms with Crippen molar-refractivity contribution in [3.8, 4) is 5.69 Å². The fourth-order valence-corrected chi connectivity index (χ4v) is 1.61. The molecule has 1 heterocycles. The number of aryl methyl sites for hydroxylation is 1. The molecular weight excluding hydrogens is 237 g/mol. The first-order chi connectivity index (χ1) is 8.49. The summed E-state index contributed by atoms with van der Waals surface area (Å²) in [6.45, 7) is 1.73. The topological polar surface area (TPSA) is 59.3 Å². The van der Waals surface area contributed by atoms with Crippen LogP contribution in [0.3, 0.4) is 0 Å². The highest BCUT2D eigenvalue weighted by atomic mass is 19.1. The Kier molecular flexibility index (Phi) is 2.97. The lowest BCUT2D eigenvalue weighted by Gasteiger charge is -2.08. The second-order valence-corrected chi connectivity index (χ2v) is 3.89. The van der Waals surface area contributed by atoms with Crippen molar-refractivity contribution in [2.45, 2.75) is 6.92 Å². The quantitative estimate of drug-likeness (QED) is 0.882. The lowest BCUT2D eigenvalue weighted by atomic mass is 10.2. The van der Waals surface area contributed by atoms with Crippen LogP contribution in [0.15, 0.2) is 41.3 Å². The third-order valence-electron chi connectivity index (χ3n) is 2.52. The second-order valence-electron chi connectivity index (χ2n) is 3.89. The van der Waals surface area contributed by atoms with E-state index in [4.69, 9.17) is 5.11 Å². The van der Waals surface area contributed by atoms with Crippen LogP contribution in [0.1, 0.15) is 15.9 Å². The first-order valence-electron chi connectivity index (χ1n) is 5.21. The van der Waals surface area contributed by atoms with Gasteiger partial charge in [-0.3, -0.25) is 9.36 Å². The Morgan fingerprint density at radius 2 is 2.00 bits per heavy atom. The molecule has 0 saturated carbocycles. The normalized spacial score (nSPS) is 10.3. The number of rotatable bonds is 2. The minimum absolute atomic E-state index is 0.0358. The summed E-state index contributed by atoms with van der Waals surface area (Å²) in [5.74, 6) is -1.74.